The van der Waals surface area contributed by atoms with Crippen LogP contribution in [0.4, 0.5) is 0 Å². The van der Waals surface area contributed by atoms with E-state index in [1.165, 1.54) is 11.3 Å². The summed E-state index contributed by atoms with van der Waals surface area (Å²) >= 11 is 1.51. The zero-order chi connectivity index (χ0) is 17.2. The molecule has 6 nitrogen and oxygen atoms in total. The Morgan fingerprint density at radius 1 is 1.36 bits per heavy atom. The van der Waals surface area contributed by atoms with Crippen LogP contribution in [0, 0.1) is 0 Å². The highest BCUT2D eigenvalue weighted by atomic mass is 32.1. The molecule has 1 aliphatic rings. The lowest BCUT2D eigenvalue weighted by Gasteiger charge is -2.24. The molecule has 1 aromatic carbocycles. The standard InChI is InChI=1S/C18H19N3O3S/c1-20-7-6-19-16(20)11-21(12-17-23-8-9-24-17)18(22)15-10-13-4-2-3-5-14(13)25-15/h2-7,10,17H,8-9,11-12H2,1H3. The highest BCUT2D eigenvalue weighted by Gasteiger charge is 2.26. The molecule has 0 bridgehead atoms. The van der Waals surface area contributed by atoms with Gasteiger partial charge in [0.1, 0.15) is 5.82 Å². The zero-order valence-electron chi connectivity index (χ0n) is 13.9. The van der Waals surface area contributed by atoms with E-state index in [0.29, 0.717) is 31.2 Å². The van der Waals surface area contributed by atoms with E-state index in [0.717, 1.165) is 15.9 Å². The van der Waals surface area contributed by atoms with Crippen molar-refractivity contribution in [3.63, 3.8) is 0 Å². The maximum atomic E-state index is 13.1. The number of hydrogen-bond donors (Lipinski definition) is 0. The van der Waals surface area contributed by atoms with Gasteiger partial charge in [-0.15, -0.1) is 11.3 Å². The van der Waals surface area contributed by atoms with Crippen LogP contribution in [0.5, 0.6) is 0 Å². The lowest BCUT2D eigenvalue weighted by molar-refractivity contribution is -0.0587. The summed E-state index contributed by atoms with van der Waals surface area (Å²) in [5.74, 6) is 0.802. The summed E-state index contributed by atoms with van der Waals surface area (Å²) in [4.78, 5) is 19.9. The van der Waals surface area contributed by atoms with E-state index >= 15 is 0 Å². The second kappa shape index (κ2) is 6.95. The molecule has 0 unspecified atom stereocenters. The first-order chi connectivity index (χ1) is 12.2. The number of thiophene rings is 1. The Morgan fingerprint density at radius 2 is 2.16 bits per heavy atom. The molecular weight excluding hydrogens is 338 g/mol. The van der Waals surface area contributed by atoms with Crippen LogP contribution >= 0.6 is 11.3 Å². The number of ether oxygens (including phenoxy) is 2. The van der Waals surface area contributed by atoms with Gasteiger partial charge in [-0.25, -0.2) is 4.98 Å². The van der Waals surface area contributed by atoms with Crippen molar-refractivity contribution in [3.05, 3.63) is 53.4 Å². The van der Waals surface area contributed by atoms with Crippen molar-refractivity contribution in [2.24, 2.45) is 7.05 Å². The molecule has 130 valence electrons. The lowest BCUT2D eigenvalue weighted by Crippen LogP contribution is -2.37. The van der Waals surface area contributed by atoms with Gasteiger partial charge >= 0.3 is 0 Å². The molecule has 1 fully saturated rings. The Balaban J connectivity index is 1.60. The van der Waals surface area contributed by atoms with Gasteiger partial charge in [-0.1, -0.05) is 18.2 Å². The van der Waals surface area contributed by atoms with Gasteiger partial charge in [0.15, 0.2) is 6.29 Å². The summed E-state index contributed by atoms with van der Waals surface area (Å²) < 4.78 is 14.1. The topological polar surface area (TPSA) is 56.6 Å². The molecule has 1 saturated heterocycles. The van der Waals surface area contributed by atoms with Gasteiger partial charge in [-0.2, -0.15) is 0 Å². The third kappa shape index (κ3) is 3.44. The maximum Gasteiger partial charge on any atom is 0.264 e. The van der Waals surface area contributed by atoms with E-state index in [1.807, 2.05) is 48.1 Å². The van der Waals surface area contributed by atoms with Crippen LogP contribution in [0.2, 0.25) is 0 Å². The first-order valence-electron chi connectivity index (χ1n) is 8.18. The quantitative estimate of drug-likeness (QED) is 0.704. The Bertz CT molecular complexity index is 849. The van der Waals surface area contributed by atoms with Crippen molar-refractivity contribution < 1.29 is 14.3 Å². The molecule has 1 aliphatic heterocycles. The number of carbonyl (C=O) groups is 1. The summed E-state index contributed by atoms with van der Waals surface area (Å²) in [6, 6.07) is 9.97. The van der Waals surface area contributed by atoms with Gasteiger partial charge in [0.25, 0.3) is 5.91 Å². The summed E-state index contributed by atoms with van der Waals surface area (Å²) in [6.07, 6.45) is 3.23. The molecule has 0 atom stereocenters. The SMILES string of the molecule is Cn1ccnc1CN(CC1OCCO1)C(=O)c1cc2ccccc2s1. The van der Waals surface area contributed by atoms with Crippen LogP contribution in [-0.2, 0) is 23.1 Å². The third-order valence-electron chi connectivity index (χ3n) is 4.24. The van der Waals surface area contributed by atoms with Crippen molar-refractivity contribution in [2.75, 3.05) is 19.8 Å². The molecule has 0 aliphatic carbocycles. The van der Waals surface area contributed by atoms with Gasteiger partial charge < -0.3 is 18.9 Å². The smallest absolute Gasteiger partial charge is 0.264 e. The molecule has 0 N–H and O–H groups in total. The number of carbonyl (C=O) groups excluding carboxylic acids is 1. The fourth-order valence-corrected chi connectivity index (χ4v) is 3.91. The van der Waals surface area contributed by atoms with Crippen LogP contribution in [-0.4, -0.2) is 46.4 Å². The van der Waals surface area contributed by atoms with Gasteiger partial charge in [0, 0.05) is 24.1 Å². The summed E-state index contributed by atoms with van der Waals surface area (Å²) in [5, 5.41) is 1.08. The number of nitrogens with zero attached hydrogens (tertiary/aromatic N) is 3. The molecule has 7 heteroatoms. The van der Waals surface area contributed by atoms with Crippen molar-refractivity contribution >= 4 is 27.3 Å². The van der Waals surface area contributed by atoms with E-state index in [-0.39, 0.29) is 12.2 Å². The van der Waals surface area contributed by atoms with Crippen molar-refractivity contribution in [1.82, 2.24) is 14.5 Å². The molecule has 0 spiro atoms. The number of fused-ring (bicyclic) bond motifs is 1. The molecule has 0 saturated carbocycles. The zero-order valence-corrected chi connectivity index (χ0v) is 14.7. The summed E-state index contributed by atoms with van der Waals surface area (Å²) in [5.41, 5.74) is 0. The predicted molar refractivity (Wildman–Crippen MR) is 95.5 cm³/mol. The van der Waals surface area contributed by atoms with Crippen molar-refractivity contribution in [1.29, 1.82) is 0 Å². The summed E-state index contributed by atoms with van der Waals surface area (Å²) in [7, 11) is 1.92. The Morgan fingerprint density at radius 3 is 2.88 bits per heavy atom. The molecular formula is C18H19N3O3S. The second-order valence-corrected chi connectivity index (χ2v) is 7.04. The predicted octanol–water partition coefficient (Wildman–Crippen LogP) is 2.65. The minimum absolute atomic E-state index is 0.0247. The minimum atomic E-state index is -0.376. The van der Waals surface area contributed by atoms with Gasteiger partial charge in [-0.3, -0.25) is 4.79 Å². The number of amides is 1. The molecule has 4 rings (SSSR count). The number of rotatable bonds is 5. The van der Waals surface area contributed by atoms with Crippen molar-refractivity contribution in [3.8, 4) is 0 Å². The normalized spacial score (nSPS) is 15.1. The summed E-state index contributed by atoms with van der Waals surface area (Å²) in [6.45, 7) is 1.94. The van der Waals surface area contributed by atoms with Crippen LogP contribution in [0.3, 0.4) is 0 Å². The van der Waals surface area contributed by atoms with Gasteiger partial charge in [0.2, 0.25) is 0 Å². The number of imidazole rings is 1. The molecule has 3 heterocycles. The van der Waals surface area contributed by atoms with E-state index in [4.69, 9.17) is 9.47 Å². The molecule has 0 radical (unpaired) electrons. The highest BCUT2D eigenvalue weighted by molar-refractivity contribution is 7.20. The molecule has 2 aromatic heterocycles. The highest BCUT2D eigenvalue weighted by Crippen LogP contribution is 2.27. The van der Waals surface area contributed by atoms with Crippen LogP contribution in [0.1, 0.15) is 15.5 Å². The Kier molecular flexibility index (Phi) is 4.52. The van der Waals surface area contributed by atoms with Crippen LogP contribution in [0.15, 0.2) is 42.7 Å². The number of aromatic nitrogens is 2. The molecule has 1 amide bonds. The molecule has 25 heavy (non-hydrogen) atoms. The van der Waals surface area contributed by atoms with Gasteiger partial charge in [0.05, 0.1) is 31.2 Å². The fraction of sp³-hybridized carbons (Fsp3) is 0.333. The van der Waals surface area contributed by atoms with E-state index in [9.17, 15) is 4.79 Å². The number of hydrogen-bond acceptors (Lipinski definition) is 5. The Labute approximate surface area is 149 Å². The van der Waals surface area contributed by atoms with Crippen molar-refractivity contribution in [2.45, 2.75) is 12.8 Å². The van der Waals surface area contributed by atoms with Crippen LogP contribution in [0.25, 0.3) is 10.1 Å². The fourth-order valence-electron chi connectivity index (χ4n) is 2.87. The monoisotopic (exact) mass is 357 g/mol. The minimum Gasteiger partial charge on any atom is -0.348 e. The van der Waals surface area contributed by atoms with E-state index in [1.54, 1.807) is 11.1 Å². The Hall–Kier alpha value is -2.22. The number of benzene rings is 1. The maximum absolute atomic E-state index is 13.1. The first kappa shape index (κ1) is 16.3. The van der Waals surface area contributed by atoms with E-state index < -0.39 is 0 Å². The second-order valence-electron chi connectivity index (χ2n) is 5.96. The average Bonchev–Trinajstić information content (AvgIpc) is 3.35. The largest absolute Gasteiger partial charge is 0.348 e. The average molecular weight is 357 g/mol. The lowest BCUT2D eigenvalue weighted by atomic mass is 10.2. The van der Waals surface area contributed by atoms with Crippen LogP contribution < -0.4 is 0 Å². The van der Waals surface area contributed by atoms with Gasteiger partial charge in [-0.05, 0) is 17.5 Å². The molecule has 3 aromatic rings. The number of aryl methyl sites for hydroxylation is 1. The third-order valence-corrected chi connectivity index (χ3v) is 5.34. The van der Waals surface area contributed by atoms with E-state index in [2.05, 4.69) is 4.98 Å². The first-order valence-corrected chi connectivity index (χ1v) is 8.99.